The highest BCUT2D eigenvalue weighted by Gasteiger charge is 2.13. The lowest BCUT2D eigenvalue weighted by Crippen LogP contribution is -2.16. The van der Waals surface area contributed by atoms with Crippen LogP contribution in [0.2, 0.25) is 15.1 Å². The van der Waals surface area contributed by atoms with Crippen molar-refractivity contribution in [1.29, 1.82) is 0 Å². The molecule has 0 aromatic heterocycles. The van der Waals surface area contributed by atoms with E-state index in [1.807, 2.05) is 13.0 Å². The molecule has 148 valence electrons. The third-order valence-corrected chi connectivity index (χ3v) is 5.12. The van der Waals surface area contributed by atoms with E-state index in [9.17, 15) is 0 Å². The molecule has 0 aliphatic rings. The fourth-order valence-corrected chi connectivity index (χ4v) is 3.25. The fourth-order valence-electron chi connectivity index (χ4n) is 2.53. The topological polar surface area (TPSA) is 30.5 Å². The SMILES string of the molecule is CCOc1cc(CNCCC(C)C)c(Cl)cc1OCc1c(Cl)cccc1Cl. The molecule has 0 amide bonds. The van der Waals surface area contributed by atoms with E-state index in [1.54, 1.807) is 24.3 Å². The summed E-state index contributed by atoms with van der Waals surface area (Å²) in [4.78, 5) is 0. The largest absolute Gasteiger partial charge is 0.490 e. The second-order valence-electron chi connectivity index (χ2n) is 6.67. The molecular weight excluding hydrogens is 405 g/mol. The van der Waals surface area contributed by atoms with Crippen LogP contribution in [0.4, 0.5) is 0 Å². The molecule has 0 bridgehead atoms. The molecule has 0 radical (unpaired) electrons. The lowest BCUT2D eigenvalue weighted by Gasteiger charge is -2.16. The van der Waals surface area contributed by atoms with E-state index in [1.165, 1.54) is 0 Å². The Bertz CT molecular complexity index is 730. The van der Waals surface area contributed by atoms with Crippen LogP contribution < -0.4 is 14.8 Å². The summed E-state index contributed by atoms with van der Waals surface area (Å²) >= 11 is 18.9. The zero-order chi connectivity index (χ0) is 19.8. The van der Waals surface area contributed by atoms with Gasteiger partial charge in [-0.15, -0.1) is 0 Å². The van der Waals surface area contributed by atoms with Gasteiger partial charge < -0.3 is 14.8 Å². The van der Waals surface area contributed by atoms with Crippen molar-refractivity contribution in [1.82, 2.24) is 5.32 Å². The zero-order valence-electron chi connectivity index (χ0n) is 16.0. The second-order valence-corrected chi connectivity index (χ2v) is 7.89. The van der Waals surface area contributed by atoms with Crippen LogP contribution in [0.15, 0.2) is 30.3 Å². The molecule has 2 aromatic rings. The number of rotatable bonds is 10. The average Bonchev–Trinajstić information content (AvgIpc) is 2.61. The Labute approximate surface area is 176 Å². The Morgan fingerprint density at radius 1 is 0.963 bits per heavy atom. The van der Waals surface area contributed by atoms with E-state index in [0.29, 0.717) is 45.6 Å². The summed E-state index contributed by atoms with van der Waals surface area (Å²) in [6.45, 7) is 8.75. The first-order chi connectivity index (χ1) is 12.9. The van der Waals surface area contributed by atoms with Crippen molar-refractivity contribution in [2.24, 2.45) is 5.92 Å². The van der Waals surface area contributed by atoms with Gasteiger partial charge in [-0.25, -0.2) is 0 Å². The highest BCUT2D eigenvalue weighted by molar-refractivity contribution is 6.36. The molecule has 2 aromatic carbocycles. The molecule has 0 atom stereocenters. The Hall–Kier alpha value is -1.13. The maximum absolute atomic E-state index is 6.46. The predicted octanol–water partition coefficient (Wildman–Crippen LogP) is 6.76. The van der Waals surface area contributed by atoms with E-state index < -0.39 is 0 Å². The molecule has 6 heteroatoms. The zero-order valence-corrected chi connectivity index (χ0v) is 18.2. The minimum Gasteiger partial charge on any atom is -0.490 e. The molecule has 2 rings (SSSR count). The molecule has 0 fully saturated rings. The van der Waals surface area contributed by atoms with E-state index in [0.717, 1.165) is 24.1 Å². The molecule has 0 aliphatic carbocycles. The molecule has 1 N–H and O–H groups in total. The summed E-state index contributed by atoms with van der Waals surface area (Å²) in [7, 11) is 0. The van der Waals surface area contributed by atoms with Gasteiger partial charge in [0.25, 0.3) is 0 Å². The average molecular weight is 431 g/mol. The van der Waals surface area contributed by atoms with Crippen LogP contribution in [-0.2, 0) is 13.2 Å². The first-order valence-electron chi connectivity index (χ1n) is 9.14. The van der Waals surface area contributed by atoms with Gasteiger partial charge in [0.2, 0.25) is 0 Å². The molecule has 27 heavy (non-hydrogen) atoms. The quantitative estimate of drug-likeness (QED) is 0.422. The van der Waals surface area contributed by atoms with Gasteiger partial charge >= 0.3 is 0 Å². The summed E-state index contributed by atoms with van der Waals surface area (Å²) in [6.07, 6.45) is 1.12. The van der Waals surface area contributed by atoms with E-state index >= 15 is 0 Å². The van der Waals surface area contributed by atoms with Gasteiger partial charge in [-0.2, -0.15) is 0 Å². The lowest BCUT2D eigenvalue weighted by molar-refractivity contribution is 0.269. The molecule has 0 saturated heterocycles. The van der Waals surface area contributed by atoms with E-state index in [-0.39, 0.29) is 6.61 Å². The minimum absolute atomic E-state index is 0.237. The highest BCUT2D eigenvalue weighted by atomic mass is 35.5. The number of benzene rings is 2. The van der Waals surface area contributed by atoms with Crippen molar-refractivity contribution >= 4 is 34.8 Å². The summed E-state index contributed by atoms with van der Waals surface area (Å²) in [6, 6.07) is 9.09. The monoisotopic (exact) mass is 429 g/mol. The van der Waals surface area contributed by atoms with Crippen LogP contribution in [0.25, 0.3) is 0 Å². The normalized spacial score (nSPS) is 11.1. The predicted molar refractivity (Wildman–Crippen MR) is 115 cm³/mol. The third-order valence-electron chi connectivity index (χ3n) is 4.06. The van der Waals surface area contributed by atoms with Crippen molar-refractivity contribution < 1.29 is 9.47 Å². The van der Waals surface area contributed by atoms with Gasteiger partial charge in [0.15, 0.2) is 11.5 Å². The van der Waals surface area contributed by atoms with Crippen molar-refractivity contribution in [3.05, 3.63) is 56.5 Å². The van der Waals surface area contributed by atoms with Gasteiger partial charge in [-0.05, 0) is 49.6 Å². The van der Waals surface area contributed by atoms with Crippen LogP contribution in [0, 0.1) is 5.92 Å². The van der Waals surface area contributed by atoms with Gasteiger partial charge in [0, 0.05) is 33.2 Å². The Kier molecular flexibility index (Phi) is 9.04. The number of hydrogen-bond donors (Lipinski definition) is 1. The van der Waals surface area contributed by atoms with Crippen LogP contribution in [0.3, 0.4) is 0 Å². The number of nitrogens with one attached hydrogen (secondary N) is 1. The van der Waals surface area contributed by atoms with Crippen molar-refractivity contribution in [2.75, 3.05) is 13.2 Å². The van der Waals surface area contributed by atoms with Crippen LogP contribution in [0.1, 0.15) is 38.3 Å². The molecule has 0 spiro atoms. The van der Waals surface area contributed by atoms with Crippen LogP contribution in [-0.4, -0.2) is 13.2 Å². The number of ether oxygens (including phenoxy) is 2. The van der Waals surface area contributed by atoms with Gasteiger partial charge in [0.1, 0.15) is 6.61 Å². The smallest absolute Gasteiger partial charge is 0.163 e. The Balaban J connectivity index is 2.12. The summed E-state index contributed by atoms with van der Waals surface area (Å²) < 4.78 is 11.7. The molecule has 3 nitrogen and oxygen atoms in total. The van der Waals surface area contributed by atoms with Gasteiger partial charge in [-0.1, -0.05) is 54.7 Å². The van der Waals surface area contributed by atoms with E-state index in [2.05, 4.69) is 19.2 Å². The maximum Gasteiger partial charge on any atom is 0.163 e. The molecule has 0 heterocycles. The summed E-state index contributed by atoms with van der Waals surface area (Å²) in [5.74, 6) is 1.90. The maximum atomic E-state index is 6.46. The van der Waals surface area contributed by atoms with Gasteiger partial charge in [0.05, 0.1) is 6.61 Å². The van der Waals surface area contributed by atoms with Crippen LogP contribution >= 0.6 is 34.8 Å². The molecule has 0 saturated carbocycles. The molecule has 0 aliphatic heterocycles. The van der Waals surface area contributed by atoms with Crippen LogP contribution in [0.5, 0.6) is 11.5 Å². The highest BCUT2D eigenvalue weighted by Crippen LogP contribution is 2.35. The third kappa shape index (κ3) is 6.76. The van der Waals surface area contributed by atoms with Crippen molar-refractivity contribution in [3.8, 4) is 11.5 Å². The van der Waals surface area contributed by atoms with E-state index in [4.69, 9.17) is 44.3 Å². The fraction of sp³-hybridized carbons (Fsp3) is 0.429. The minimum atomic E-state index is 0.237. The lowest BCUT2D eigenvalue weighted by atomic mass is 10.1. The second kappa shape index (κ2) is 11.0. The first-order valence-corrected chi connectivity index (χ1v) is 10.3. The standard InChI is InChI=1S/C21H26Cl3NO2/c1-4-26-20-10-15(12-25-9-8-14(2)3)19(24)11-21(20)27-13-16-17(22)6-5-7-18(16)23/h5-7,10-11,14,25H,4,8-9,12-13H2,1-3H3. The number of hydrogen-bond acceptors (Lipinski definition) is 3. The van der Waals surface area contributed by atoms with Crippen molar-refractivity contribution in [2.45, 2.75) is 40.3 Å². The summed E-state index contributed by atoms with van der Waals surface area (Å²) in [5.41, 5.74) is 1.71. The molecule has 0 unspecified atom stereocenters. The number of halogens is 3. The Morgan fingerprint density at radius 2 is 1.63 bits per heavy atom. The van der Waals surface area contributed by atoms with Gasteiger partial charge in [-0.3, -0.25) is 0 Å². The molecular formula is C21H26Cl3NO2. The van der Waals surface area contributed by atoms with Crippen molar-refractivity contribution in [3.63, 3.8) is 0 Å². The first kappa shape index (κ1) is 22.2. The Morgan fingerprint density at radius 3 is 2.26 bits per heavy atom. The summed E-state index contributed by atoms with van der Waals surface area (Å²) in [5, 5.41) is 5.19.